The molecule has 0 N–H and O–H groups in total. The third-order valence-corrected chi connectivity index (χ3v) is 4.51. The van der Waals surface area contributed by atoms with Gasteiger partial charge in [0.2, 0.25) is 0 Å². The number of fused-ring (bicyclic) bond motifs is 1. The van der Waals surface area contributed by atoms with E-state index in [0.717, 1.165) is 0 Å². The van der Waals surface area contributed by atoms with Crippen molar-refractivity contribution in [3.05, 3.63) is 24.3 Å². The third-order valence-electron chi connectivity index (χ3n) is 1.66. The van der Waals surface area contributed by atoms with Gasteiger partial charge in [-0.3, -0.25) is 0 Å². The van der Waals surface area contributed by atoms with Gasteiger partial charge in [0, 0.05) is 14.7 Å². The van der Waals surface area contributed by atoms with Gasteiger partial charge in [-0.2, -0.15) is 0 Å². The number of thiophene rings is 1. The van der Waals surface area contributed by atoms with E-state index in [1.165, 1.54) is 20.0 Å². The number of hydrogen-bond donors (Lipinski definition) is 0. The fourth-order valence-corrected chi connectivity index (χ4v) is 3.05. The van der Waals surface area contributed by atoms with E-state index in [4.69, 9.17) is 0 Å². The molecule has 1 aromatic carbocycles. The van der Waals surface area contributed by atoms with Crippen LogP contribution in [0.2, 0.25) is 0 Å². The Labute approximate surface area is 88.1 Å². The van der Waals surface area contributed by atoms with Crippen molar-refractivity contribution in [2.75, 3.05) is 0 Å². The first kappa shape index (κ1) is 11.1. The molecule has 0 saturated heterocycles. The second-order valence-corrected chi connectivity index (χ2v) is 5.03. The highest BCUT2D eigenvalue weighted by molar-refractivity contribution is 7.50. The van der Waals surface area contributed by atoms with E-state index in [1.807, 2.05) is 25.2 Å². The van der Waals surface area contributed by atoms with Gasteiger partial charge in [0.25, 0.3) is 0 Å². The largest absolute Gasteiger partial charge is 0.135 e. The van der Waals surface area contributed by atoms with Gasteiger partial charge in [0.15, 0.2) is 0 Å². The quantitative estimate of drug-likeness (QED) is 0.608. The van der Waals surface area contributed by atoms with E-state index in [0.29, 0.717) is 0 Å². The molecular weight excluding hydrogens is 214 g/mol. The maximum absolute atomic E-state index is 2.78. The van der Waals surface area contributed by atoms with Crippen LogP contribution in [0, 0.1) is 0 Å². The van der Waals surface area contributed by atoms with Gasteiger partial charge < -0.3 is 0 Å². The van der Waals surface area contributed by atoms with Gasteiger partial charge in [-0.1, -0.05) is 41.3 Å². The normalized spacial score (nSPS) is 9.54. The van der Waals surface area contributed by atoms with Crippen LogP contribution in [0.5, 0.6) is 0 Å². The van der Waals surface area contributed by atoms with Gasteiger partial charge in [-0.15, -0.1) is 20.6 Å². The summed E-state index contributed by atoms with van der Waals surface area (Å²) in [6, 6.07) is 8.46. The molecule has 0 aliphatic carbocycles. The average molecular weight is 228 g/mol. The molecule has 0 amide bonds. The van der Waals surface area contributed by atoms with Crippen molar-refractivity contribution in [2.24, 2.45) is 0 Å². The molecule has 0 aliphatic rings. The summed E-state index contributed by atoms with van der Waals surface area (Å²) in [5, 5.41) is 2.67. The molecule has 2 atom stereocenters. The van der Waals surface area contributed by atoms with Crippen LogP contribution in [0.1, 0.15) is 13.8 Å². The van der Waals surface area contributed by atoms with Crippen molar-refractivity contribution in [3.8, 4) is 0 Å². The van der Waals surface area contributed by atoms with Crippen LogP contribution in [-0.4, -0.2) is 0 Å². The molecule has 0 spiro atoms. The molecule has 0 nitrogen and oxygen atoms in total. The maximum Gasteiger partial charge on any atom is 0.0355 e. The first-order valence-corrected chi connectivity index (χ1v) is 6.28. The zero-order valence-electron chi connectivity index (χ0n) is 7.87. The molecule has 2 aromatic rings. The highest BCUT2D eigenvalue weighted by atomic mass is 32.1. The van der Waals surface area contributed by atoms with Crippen LogP contribution in [0.15, 0.2) is 24.3 Å². The molecule has 1 heterocycles. The van der Waals surface area contributed by atoms with E-state index in [2.05, 4.69) is 42.7 Å². The minimum absolute atomic E-state index is 1.32. The van der Waals surface area contributed by atoms with Crippen molar-refractivity contribution >= 4 is 49.8 Å². The van der Waals surface area contributed by atoms with Crippen LogP contribution in [0.4, 0.5) is 0 Å². The van der Waals surface area contributed by atoms with E-state index >= 15 is 0 Å². The van der Waals surface area contributed by atoms with Gasteiger partial charge in [0.05, 0.1) is 0 Å². The van der Waals surface area contributed by atoms with Crippen molar-refractivity contribution in [2.45, 2.75) is 13.8 Å². The minimum Gasteiger partial charge on any atom is -0.135 e. The second-order valence-electron chi connectivity index (χ2n) is 2.38. The summed E-state index contributed by atoms with van der Waals surface area (Å²) in [7, 11) is 5.54. The molecule has 13 heavy (non-hydrogen) atoms. The predicted molar refractivity (Wildman–Crippen MR) is 71.9 cm³/mol. The van der Waals surface area contributed by atoms with E-state index in [9.17, 15) is 0 Å². The fraction of sp³-hybridized carbons (Fsp3) is 0.200. The van der Waals surface area contributed by atoms with Crippen molar-refractivity contribution in [3.63, 3.8) is 0 Å². The van der Waals surface area contributed by atoms with E-state index < -0.39 is 0 Å². The van der Waals surface area contributed by atoms with Gasteiger partial charge in [-0.25, -0.2) is 0 Å². The van der Waals surface area contributed by atoms with Gasteiger partial charge in [0.1, 0.15) is 0 Å². The number of rotatable bonds is 0. The smallest absolute Gasteiger partial charge is 0.0355 e. The highest BCUT2D eigenvalue weighted by Crippen LogP contribution is 2.19. The molecule has 2 rings (SSSR count). The monoisotopic (exact) mass is 228 g/mol. The van der Waals surface area contributed by atoms with Gasteiger partial charge in [-0.05, 0) is 11.4 Å². The second kappa shape index (κ2) is 5.05. The topological polar surface area (TPSA) is 0 Å². The average Bonchev–Trinajstić information content (AvgIpc) is 2.47. The SMILES string of the molecule is CC.Pc1sc2ccccc2c1P. The Hall–Kier alpha value is 0.0400. The Balaban J connectivity index is 0.000000396. The third kappa shape index (κ3) is 2.29. The summed E-state index contributed by atoms with van der Waals surface area (Å²) in [5.74, 6) is 0. The van der Waals surface area contributed by atoms with Gasteiger partial charge >= 0.3 is 0 Å². The minimum atomic E-state index is 1.32. The lowest BCUT2D eigenvalue weighted by molar-refractivity contribution is 1.50. The molecular formula is C10H14P2S. The zero-order chi connectivity index (χ0) is 9.84. The lowest BCUT2D eigenvalue weighted by atomic mass is 10.3. The van der Waals surface area contributed by atoms with E-state index in [1.54, 1.807) is 0 Å². The van der Waals surface area contributed by atoms with Crippen molar-refractivity contribution in [1.29, 1.82) is 0 Å². The summed E-state index contributed by atoms with van der Waals surface area (Å²) in [6.07, 6.45) is 0. The lowest BCUT2D eigenvalue weighted by Crippen LogP contribution is -2.01. The summed E-state index contributed by atoms with van der Waals surface area (Å²) < 4.78 is 2.68. The Bertz CT molecular complexity index is 393. The molecule has 0 saturated carbocycles. The van der Waals surface area contributed by atoms with Crippen LogP contribution >= 0.6 is 29.8 Å². The Morgan fingerprint density at radius 3 is 2.31 bits per heavy atom. The summed E-state index contributed by atoms with van der Waals surface area (Å²) in [6.45, 7) is 4.00. The van der Waals surface area contributed by atoms with Crippen molar-refractivity contribution < 1.29 is 0 Å². The summed E-state index contributed by atoms with van der Waals surface area (Å²) >= 11 is 1.82. The molecule has 70 valence electrons. The molecule has 0 aliphatic heterocycles. The zero-order valence-corrected chi connectivity index (χ0v) is 11.0. The first-order chi connectivity index (χ1) is 6.29. The molecule has 0 fully saturated rings. The van der Waals surface area contributed by atoms with Crippen molar-refractivity contribution in [1.82, 2.24) is 0 Å². The highest BCUT2D eigenvalue weighted by Gasteiger charge is 2.02. The summed E-state index contributed by atoms with van der Waals surface area (Å²) in [5.41, 5.74) is 0. The van der Waals surface area contributed by atoms with Crippen LogP contribution in [0.25, 0.3) is 10.1 Å². The Morgan fingerprint density at radius 1 is 1.08 bits per heavy atom. The van der Waals surface area contributed by atoms with Crippen LogP contribution in [-0.2, 0) is 0 Å². The van der Waals surface area contributed by atoms with Crippen LogP contribution in [0.3, 0.4) is 0 Å². The first-order valence-electron chi connectivity index (χ1n) is 4.31. The maximum atomic E-state index is 2.78. The van der Waals surface area contributed by atoms with E-state index in [-0.39, 0.29) is 0 Å². The number of hydrogen-bond acceptors (Lipinski definition) is 1. The predicted octanol–water partition coefficient (Wildman–Crippen LogP) is 2.93. The Kier molecular flexibility index (Phi) is 4.32. The Morgan fingerprint density at radius 2 is 1.69 bits per heavy atom. The molecule has 0 radical (unpaired) electrons. The molecule has 1 aromatic heterocycles. The molecule has 2 unspecified atom stereocenters. The molecule has 3 heteroatoms. The summed E-state index contributed by atoms with van der Waals surface area (Å²) in [4.78, 5) is 0. The lowest BCUT2D eigenvalue weighted by Gasteiger charge is -1.88. The van der Waals surface area contributed by atoms with Crippen LogP contribution < -0.4 is 9.92 Å². The standard InChI is InChI=1S/C8H8P2S.C2H6/c9-7-5-3-1-2-4-6(5)11-8(7)10;1-2/h1-4H,9-10H2;1-2H3. The number of benzene rings is 1. The molecule has 0 bridgehead atoms. The fourth-order valence-electron chi connectivity index (χ4n) is 1.08.